The zero-order chi connectivity index (χ0) is 14.8. The lowest BCUT2D eigenvalue weighted by Gasteiger charge is -2.21. The van der Waals surface area contributed by atoms with Crippen LogP contribution in [0.15, 0.2) is 23.1 Å². The van der Waals surface area contributed by atoms with E-state index in [0.29, 0.717) is 24.7 Å². The number of esters is 1. The first kappa shape index (κ1) is 15.4. The van der Waals surface area contributed by atoms with Gasteiger partial charge in [-0.2, -0.15) is 0 Å². The van der Waals surface area contributed by atoms with Crippen LogP contribution in [0.4, 0.5) is 0 Å². The minimum absolute atomic E-state index is 0.247. The fraction of sp³-hybridized carbons (Fsp3) is 0.562. The lowest BCUT2D eigenvalue weighted by atomic mass is 10.00. The van der Waals surface area contributed by atoms with Crippen molar-refractivity contribution >= 4 is 17.7 Å². The maximum Gasteiger partial charge on any atom is 0.326 e. The highest BCUT2D eigenvalue weighted by Gasteiger charge is 2.43. The fourth-order valence-electron chi connectivity index (χ4n) is 2.57. The summed E-state index contributed by atoms with van der Waals surface area (Å²) in [7, 11) is 0. The van der Waals surface area contributed by atoms with Gasteiger partial charge >= 0.3 is 5.97 Å². The quantitative estimate of drug-likeness (QED) is 0.866. The van der Waals surface area contributed by atoms with Crippen LogP contribution >= 0.6 is 11.8 Å². The predicted molar refractivity (Wildman–Crippen MR) is 83.0 cm³/mol. The van der Waals surface area contributed by atoms with Crippen LogP contribution in [0.1, 0.15) is 37.3 Å². The van der Waals surface area contributed by atoms with Gasteiger partial charge in [0.15, 0.2) is 0 Å². The Bertz CT molecular complexity index is 503. The van der Waals surface area contributed by atoms with Crippen LogP contribution in [-0.4, -0.2) is 23.4 Å². The van der Waals surface area contributed by atoms with Crippen LogP contribution < -0.4 is 5.73 Å². The summed E-state index contributed by atoms with van der Waals surface area (Å²) in [6.45, 7) is 6.45. The Labute approximate surface area is 125 Å². The van der Waals surface area contributed by atoms with E-state index in [1.807, 2.05) is 18.7 Å². The first-order valence-corrected chi connectivity index (χ1v) is 8.02. The molecule has 0 amide bonds. The van der Waals surface area contributed by atoms with Crippen molar-refractivity contribution in [1.29, 1.82) is 0 Å². The molecule has 1 fully saturated rings. The Morgan fingerprint density at radius 3 is 2.85 bits per heavy atom. The first-order chi connectivity index (χ1) is 9.44. The number of aryl methyl sites for hydroxylation is 2. The molecule has 2 atom stereocenters. The second kappa shape index (κ2) is 6.19. The van der Waals surface area contributed by atoms with E-state index in [9.17, 15) is 4.79 Å². The molecule has 0 heterocycles. The number of hydrogen-bond acceptors (Lipinski definition) is 4. The molecule has 2 rings (SSSR count). The summed E-state index contributed by atoms with van der Waals surface area (Å²) in [6.07, 6.45) is 2.38. The van der Waals surface area contributed by atoms with Gasteiger partial charge in [-0.3, -0.25) is 4.79 Å². The number of benzene rings is 1. The number of carbonyl (C=O) groups is 1. The van der Waals surface area contributed by atoms with Gasteiger partial charge < -0.3 is 10.5 Å². The molecule has 1 aromatic carbocycles. The van der Waals surface area contributed by atoms with E-state index in [-0.39, 0.29) is 5.97 Å². The summed E-state index contributed by atoms with van der Waals surface area (Å²) in [6, 6.07) is 6.50. The van der Waals surface area contributed by atoms with Crippen LogP contribution in [-0.2, 0) is 9.53 Å². The van der Waals surface area contributed by atoms with Crippen molar-refractivity contribution in [2.45, 2.75) is 55.7 Å². The van der Waals surface area contributed by atoms with Gasteiger partial charge in [-0.25, -0.2) is 0 Å². The summed E-state index contributed by atoms with van der Waals surface area (Å²) < 4.78 is 5.09. The molecule has 4 heteroatoms. The monoisotopic (exact) mass is 293 g/mol. The molecular formula is C16H23NO2S. The average Bonchev–Trinajstić information content (AvgIpc) is 2.77. The standard InChI is InChI=1S/C16H23NO2S/c1-4-19-15(18)16(17)8-7-14(10-16)20-13-6-5-11(2)12(3)9-13/h5-6,9,14H,4,7-8,10,17H2,1-3H3. The van der Waals surface area contributed by atoms with Gasteiger partial charge in [0.2, 0.25) is 0 Å². The number of carbonyl (C=O) groups excluding carboxylic acids is 1. The molecule has 1 aromatic rings. The van der Waals surface area contributed by atoms with Crippen LogP contribution in [0.2, 0.25) is 0 Å². The van der Waals surface area contributed by atoms with Crippen molar-refractivity contribution in [2.24, 2.45) is 5.73 Å². The van der Waals surface area contributed by atoms with E-state index in [4.69, 9.17) is 10.5 Å². The highest BCUT2D eigenvalue weighted by molar-refractivity contribution is 8.00. The Morgan fingerprint density at radius 2 is 2.20 bits per heavy atom. The summed E-state index contributed by atoms with van der Waals surface area (Å²) in [4.78, 5) is 13.2. The second-order valence-electron chi connectivity index (χ2n) is 5.61. The molecule has 0 saturated heterocycles. The number of nitrogens with two attached hydrogens (primary N) is 1. The molecule has 1 aliphatic rings. The van der Waals surface area contributed by atoms with Gasteiger partial charge in [0.25, 0.3) is 0 Å². The summed E-state index contributed by atoms with van der Waals surface area (Å²) in [5.41, 5.74) is 8.02. The maximum atomic E-state index is 11.9. The molecule has 0 aliphatic heterocycles. The van der Waals surface area contributed by atoms with Gasteiger partial charge in [0.05, 0.1) is 6.61 Å². The average molecular weight is 293 g/mol. The lowest BCUT2D eigenvalue weighted by molar-refractivity contribution is -0.149. The van der Waals surface area contributed by atoms with Gasteiger partial charge in [-0.05, 0) is 63.3 Å². The molecule has 0 spiro atoms. The van der Waals surface area contributed by atoms with Crippen molar-refractivity contribution < 1.29 is 9.53 Å². The molecular weight excluding hydrogens is 270 g/mol. The molecule has 1 aliphatic carbocycles. The Hall–Kier alpha value is -1.00. The van der Waals surface area contributed by atoms with Gasteiger partial charge in [0.1, 0.15) is 5.54 Å². The van der Waals surface area contributed by atoms with E-state index >= 15 is 0 Å². The predicted octanol–water partition coefficient (Wildman–Crippen LogP) is 3.21. The van der Waals surface area contributed by atoms with Crippen LogP contribution in [0, 0.1) is 13.8 Å². The van der Waals surface area contributed by atoms with Crippen molar-refractivity contribution in [1.82, 2.24) is 0 Å². The minimum atomic E-state index is -0.784. The summed E-state index contributed by atoms with van der Waals surface area (Å²) in [5, 5.41) is 0.395. The molecule has 1 saturated carbocycles. The smallest absolute Gasteiger partial charge is 0.326 e. The van der Waals surface area contributed by atoms with Gasteiger partial charge in [-0.15, -0.1) is 11.8 Å². The lowest BCUT2D eigenvalue weighted by Crippen LogP contribution is -2.47. The fourth-order valence-corrected chi connectivity index (χ4v) is 3.96. The Morgan fingerprint density at radius 1 is 1.45 bits per heavy atom. The molecule has 110 valence electrons. The first-order valence-electron chi connectivity index (χ1n) is 7.14. The van der Waals surface area contributed by atoms with E-state index in [0.717, 1.165) is 6.42 Å². The Kier molecular flexibility index (Phi) is 4.76. The largest absolute Gasteiger partial charge is 0.465 e. The minimum Gasteiger partial charge on any atom is -0.465 e. The van der Waals surface area contributed by atoms with Gasteiger partial charge in [0, 0.05) is 10.1 Å². The van der Waals surface area contributed by atoms with E-state index in [1.165, 1.54) is 16.0 Å². The van der Waals surface area contributed by atoms with Crippen LogP contribution in [0.25, 0.3) is 0 Å². The van der Waals surface area contributed by atoms with E-state index in [1.54, 1.807) is 0 Å². The van der Waals surface area contributed by atoms with E-state index in [2.05, 4.69) is 32.0 Å². The third kappa shape index (κ3) is 3.36. The molecule has 2 N–H and O–H groups in total. The third-order valence-corrected chi connectivity index (χ3v) is 5.23. The highest BCUT2D eigenvalue weighted by atomic mass is 32.2. The van der Waals surface area contributed by atoms with Crippen molar-refractivity contribution in [3.8, 4) is 0 Å². The number of ether oxygens (including phenoxy) is 1. The summed E-state index contributed by atoms with van der Waals surface area (Å²) >= 11 is 1.82. The van der Waals surface area contributed by atoms with Crippen LogP contribution in [0.3, 0.4) is 0 Å². The van der Waals surface area contributed by atoms with Crippen molar-refractivity contribution in [3.05, 3.63) is 29.3 Å². The number of thioether (sulfide) groups is 1. The van der Waals surface area contributed by atoms with Crippen molar-refractivity contribution in [3.63, 3.8) is 0 Å². The topological polar surface area (TPSA) is 52.3 Å². The zero-order valence-electron chi connectivity index (χ0n) is 12.4. The number of rotatable bonds is 4. The van der Waals surface area contributed by atoms with Crippen LogP contribution in [0.5, 0.6) is 0 Å². The normalized spacial score (nSPS) is 25.7. The molecule has 3 nitrogen and oxygen atoms in total. The molecule has 0 aromatic heterocycles. The highest BCUT2D eigenvalue weighted by Crippen LogP contribution is 2.40. The SMILES string of the molecule is CCOC(=O)C1(N)CCC(Sc2ccc(C)c(C)c2)C1. The van der Waals surface area contributed by atoms with E-state index < -0.39 is 5.54 Å². The summed E-state index contributed by atoms with van der Waals surface area (Å²) in [5.74, 6) is -0.247. The maximum absolute atomic E-state index is 11.9. The third-order valence-electron chi connectivity index (χ3n) is 3.97. The molecule has 0 bridgehead atoms. The Balaban J connectivity index is 1.99. The molecule has 0 radical (unpaired) electrons. The zero-order valence-corrected chi connectivity index (χ0v) is 13.3. The second-order valence-corrected chi connectivity index (χ2v) is 6.98. The van der Waals surface area contributed by atoms with Crippen molar-refractivity contribution in [2.75, 3.05) is 6.61 Å². The molecule has 20 heavy (non-hydrogen) atoms. The molecule has 2 unspecified atom stereocenters. The van der Waals surface area contributed by atoms with Gasteiger partial charge in [-0.1, -0.05) is 6.07 Å². The number of hydrogen-bond donors (Lipinski definition) is 1.